The first-order chi connectivity index (χ1) is 9.78. The van der Waals surface area contributed by atoms with Gasteiger partial charge in [0, 0.05) is 11.8 Å². The van der Waals surface area contributed by atoms with E-state index in [1.54, 1.807) is 7.11 Å². The van der Waals surface area contributed by atoms with Gasteiger partial charge in [-0.05, 0) is 29.8 Å². The monoisotopic (exact) mass is 269 g/mol. The van der Waals surface area contributed by atoms with Crippen LogP contribution in [0.25, 0.3) is 11.0 Å². The number of nitrogens with one attached hydrogen (secondary N) is 2. The minimum absolute atomic E-state index is 0.0153. The summed E-state index contributed by atoms with van der Waals surface area (Å²) >= 11 is 0. The summed E-state index contributed by atoms with van der Waals surface area (Å²) in [6.07, 6.45) is 0. The minimum atomic E-state index is 0.0153. The van der Waals surface area contributed by atoms with Gasteiger partial charge in [0.15, 0.2) is 0 Å². The summed E-state index contributed by atoms with van der Waals surface area (Å²) in [7, 11) is 1.64. The van der Waals surface area contributed by atoms with Crippen LogP contribution < -0.4 is 10.1 Å². The Hall–Kier alpha value is -2.53. The number of methoxy groups -OCH3 is 1. The number of imidazole rings is 1. The Labute approximate surface area is 116 Å². The Bertz CT molecular complexity index is 737. The van der Waals surface area contributed by atoms with Crippen LogP contribution in [0.2, 0.25) is 0 Å². The lowest BCUT2D eigenvalue weighted by molar-refractivity contribution is 0.282. The van der Waals surface area contributed by atoms with Gasteiger partial charge in [0.1, 0.15) is 5.75 Å². The second-order valence-corrected chi connectivity index (χ2v) is 4.45. The second-order valence-electron chi connectivity index (χ2n) is 4.45. The predicted molar refractivity (Wildman–Crippen MR) is 78.3 cm³/mol. The number of rotatable bonds is 4. The third kappa shape index (κ3) is 2.44. The van der Waals surface area contributed by atoms with Crippen LogP contribution in [0.15, 0.2) is 42.5 Å². The number of hydrogen-bond acceptors (Lipinski definition) is 4. The molecule has 102 valence electrons. The summed E-state index contributed by atoms with van der Waals surface area (Å²) in [5, 5.41) is 12.3. The molecule has 2 aromatic carbocycles. The van der Waals surface area contributed by atoms with E-state index in [-0.39, 0.29) is 6.61 Å². The van der Waals surface area contributed by atoms with Gasteiger partial charge in [-0.2, -0.15) is 0 Å². The molecular formula is C15H15N3O2. The van der Waals surface area contributed by atoms with E-state index in [1.165, 1.54) is 0 Å². The quantitative estimate of drug-likeness (QED) is 0.681. The molecule has 1 heterocycles. The van der Waals surface area contributed by atoms with Crippen molar-refractivity contribution in [3.63, 3.8) is 0 Å². The molecule has 3 rings (SSSR count). The van der Waals surface area contributed by atoms with Crippen molar-refractivity contribution in [1.82, 2.24) is 9.97 Å². The fraction of sp³-hybridized carbons (Fsp3) is 0.133. The Morgan fingerprint density at radius 1 is 1.25 bits per heavy atom. The lowest BCUT2D eigenvalue weighted by Gasteiger charge is -2.04. The van der Waals surface area contributed by atoms with E-state index in [0.29, 0.717) is 5.95 Å². The Morgan fingerprint density at radius 3 is 2.95 bits per heavy atom. The molecule has 0 aliphatic rings. The smallest absolute Gasteiger partial charge is 0.205 e. The fourth-order valence-electron chi connectivity index (χ4n) is 2.05. The van der Waals surface area contributed by atoms with Crippen LogP contribution in [0, 0.1) is 0 Å². The number of fused-ring (bicyclic) bond motifs is 1. The number of benzene rings is 2. The molecule has 0 saturated carbocycles. The van der Waals surface area contributed by atoms with Crippen molar-refractivity contribution >= 4 is 22.7 Å². The first-order valence-corrected chi connectivity index (χ1v) is 6.29. The second kappa shape index (κ2) is 5.22. The summed E-state index contributed by atoms with van der Waals surface area (Å²) in [4.78, 5) is 7.64. The lowest BCUT2D eigenvalue weighted by atomic mass is 10.2. The maximum Gasteiger partial charge on any atom is 0.205 e. The lowest BCUT2D eigenvalue weighted by Crippen LogP contribution is -1.92. The van der Waals surface area contributed by atoms with Gasteiger partial charge in [-0.25, -0.2) is 4.98 Å². The Balaban J connectivity index is 1.90. The van der Waals surface area contributed by atoms with Crippen molar-refractivity contribution in [3.8, 4) is 5.75 Å². The molecule has 0 radical (unpaired) electrons. The molecule has 0 amide bonds. The minimum Gasteiger partial charge on any atom is -0.497 e. The molecule has 0 unspecified atom stereocenters. The number of aliphatic hydroxyl groups is 1. The van der Waals surface area contributed by atoms with Crippen LogP contribution >= 0.6 is 0 Å². The van der Waals surface area contributed by atoms with Crippen molar-refractivity contribution < 1.29 is 9.84 Å². The zero-order valence-electron chi connectivity index (χ0n) is 11.1. The van der Waals surface area contributed by atoms with Crippen molar-refractivity contribution in [3.05, 3.63) is 48.0 Å². The molecule has 5 nitrogen and oxygen atoms in total. The van der Waals surface area contributed by atoms with Crippen molar-refractivity contribution in [2.45, 2.75) is 6.61 Å². The molecule has 3 aromatic rings. The number of aromatic nitrogens is 2. The number of nitrogens with zero attached hydrogens (tertiary/aromatic N) is 1. The first kappa shape index (κ1) is 12.5. The van der Waals surface area contributed by atoms with Gasteiger partial charge in [-0.15, -0.1) is 0 Å². The molecular weight excluding hydrogens is 254 g/mol. The van der Waals surface area contributed by atoms with E-state index < -0.39 is 0 Å². The molecule has 0 fully saturated rings. The number of ether oxygens (including phenoxy) is 1. The third-order valence-electron chi connectivity index (χ3n) is 3.06. The largest absolute Gasteiger partial charge is 0.497 e. The zero-order chi connectivity index (χ0) is 13.9. The third-order valence-corrected chi connectivity index (χ3v) is 3.06. The van der Waals surface area contributed by atoms with E-state index >= 15 is 0 Å². The molecule has 0 saturated heterocycles. The number of aromatic amines is 1. The number of aliphatic hydroxyl groups excluding tert-OH is 1. The van der Waals surface area contributed by atoms with E-state index in [4.69, 9.17) is 9.84 Å². The van der Waals surface area contributed by atoms with Crippen LogP contribution in [0.4, 0.5) is 11.6 Å². The van der Waals surface area contributed by atoms with E-state index in [9.17, 15) is 0 Å². The number of hydrogen-bond donors (Lipinski definition) is 3. The fourth-order valence-corrected chi connectivity index (χ4v) is 2.05. The first-order valence-electron chi connectivity index (χ1n) is 6.29. The predicted octanol–water partition coefficient (Wildman–Crippen LogP) is 2.81. The van der Waals surface area contributed by atoms with Crippen molar-refractivity contribution in [2.24, 2.45) is 0 Å². The van der Waals surface area contributed by atoms with Gasteiger partial charge < -0.3 is 20.1 Å². The molecule has 0 aliphatic carbocycles. The van der Waals surface area contributed by atoms with Gasteiger partial charge in [0.25, 0.3) is 0 Å². The van der Waals surface area contributed by atoms with Gasteiger partial charge in [-0.1, -0.05) is 12.1 Å². The van der Waals surface area contributed by atoms with Crippen LogP contribution in [0.5, 0.6) is 5.75 Å². The highest BCUT2D eigenvalue weighted by Crippen LogP contribution is 2.22. The molecule has 1 aromatic heterocycles. The number of H-pyrrole nitrogens is 1. The molecule has 20 heavy (non-hydrogen) atoms. The molecule has 0 atom stereocenters. The standard InChI is InChI=1S/C15H15N3O2/c1-20-12-4-2-3-11(8-12)16-15-17-13-6-5-10(9-19)7-14(13)18-15/h2-8,19H,9H2,1H3,(H2,16,17,18). The Kier molecular flexibility index (Phi) is 3.26. The van der Waals surface area contributed by atoms with Crippen LogP contribution in [0.1, 0.15) is 5.56 Å². The van der Waals surface area contributed by atoms with E-state index in [0.717, 1.165) is 28.0 Å². The molecule has 0 spiro atoms. The summed E-state index contributed by atoms with van der Waals surface area (Å²) in [5.41, 5.74) is 3.48. The van der Waals surface area contributed by atoms with Crippen LogP contribution in [-0.2, 0) is 6.61 Å². The van der Waals surface area contributed by atoms with Gasteiger partial charge >= 0.3 is 0 Å². The van der Waals surface area contributed by atoms with E-state index in [1.807, 2.05) is 42.5 Å². The SMILES string of the molecule is COc1cccc(Nc2nc3cc(CO)ccc3[nH]2)c1. The highest BCUT2D eigenvalue weighted by Gasteiger charge is 2.04. The van der Waals surface area contributed by atoms with E-state index in [2.05, 4.69) is 15.3 Å². The topological polar surface area (TPSA) is 70.2 Å². The highest BCUT2D eigenvalue weighted by atomic mass is 16.5. The average molecular weight is 269 g/mol. The highest BCUT2D eigenvalue weighted by molar-refractivity contribution is 5.79. The molecule has 0 bridgehead atoms. The Morgan fingerprint density at radius 2 is 2.15 bits per heavy atom. The van der Waals surface area contributed by atoms with Crippen LogP contribution in [-0.4, -0.2) is 22.2 Å². The molecule has 5 heteroatoms. The van der Waals surface area contributed by atoms with Gasteiger partial charge in [0.2, 0.25) is 5.95 Å². The van der Waals surface area contributed by atoms with Gasteiger partial charge in [0.05, 0.1) is 24.8 Å². The zero-order valence-corrected chi connectivity index (χ0v) is 11.1. The summed E-state index contributed by atoms with van der Waals surface area (Å²) in [6, 6.07) is 13.3. The molecule has 3 N–H and O–H groups in total. The average Bonchev–Trinajstić information content (AvgIpc) is 2.88. The number of anilines is 2. The maximum atomic E-state index is 9.13. The maximum absolute atomic E-state index is 9.13. The van der Waals surface area contributed by atoms with Crippen LogP contribution in [0.3, 0.4) is 0 Å². The summed E-state index contributed by atoms with van der Waals surface area (Å²) in [6.45, 7) is 0.0153. The van der Waals surface area contributed by atoms with Gasteiger partial charge in [-0.3, -0.25) is 0 Å². The normalized spacial score (nSPS) is 10.7. The van der Waals surface area contributed by atoms with Crippen molar-refractivity contribution in [2.75, 3.05) is 12.4 Å². The summed E-state index contributed by atoms with van der Waals surface area (Å²) < 4.78 is 5.18. The summed E-state index contributed by atoms with van der Waals surface area (Å²) in [5.74, 6) is 1.44. The molecule has 0 aliphatic heterocycles. The van der Waals surface area contributed by atoms with Crippen molar-refractivity contribution in [1.29, 1.82) is 0 Å².